The minimum atomic E-state index is -2.45. The zero-order chi connectivity index (χ0) is 21.0. The molecule has 0 saturated heterocycles. The van der Waals surface area contributed by atoms with Crippen LogP contribution in [0.25, 0.3) is 0 Å². The first kappa shape index (κ1) is 23.7. The van der Waals surface area contributed by atoms with Gasteiger partial charge in [0, 0.05) is 17.5 Å². The fraction of sp³-hybridized carbons (Fsp3) is 0.231. The van der Waals surface area contributed by atoms with E-state index < -0.39 is 28.1 Å². The van der Waals surface area contributed by atoms with Crippen LogP contribution in [0.1, 0.15) is 18.5 Å². The van der Waals surface area contributed by atoms with Gasteiger partial charge in [-0.15, -0.1) is 11.3 Å². The van der Waals surface area contributed by atoms with Gasteiger partial charge in [-0.3, -0.25) is 5.41 Å². The molecule has 0 unspecified atom stereocenters. The first-order valence-corrected chi connectivity index (χ1v) is 8.95. The van der Waals surface area contributed by atoms with Crippen molar-refractivity contribution in [3.8, 4) is 0 Å². The summed E-state index contributed by atoms with van der Waals surface area (Å²) in [5.41, 5.74) is 16.4. The van der Waals surface area contributed by atoms with Crippen LogP contribution >= 0.6 is 11.3 Å². The number of aromatic nitrogens is 1. The highest BCUT2D eigenvalue weighted by molar-refractivity contribution is 7.74. The molecule has 14 heteroatoms. The van der Waals surface area contributed by atoms with Gasteiger partial charge in [-0.1, -0.05) is 0 Å². The summed E-state index contributed by atoms with van der Waals surface area (Å²) in [6, 6.07) is 0. The maximum atomic E-state index is 10.8. The molecule has 0 fully saturated rings. The van der Waals surface area contributed by atoms with Crippen molar-refractivity contribution in [2.45, 2.75) is 19.3 Å². The number of hydrogen-bond donors (Lipinski definition) is 6. The van der Waals surface area contributed by atoms with E-state index in [4.69, 9.17) is 32.8 Å². The highest BCUT2D eigenvalue weighted by Crippen LogP contribution is 2.19. The van der Waals surface area contributed by atoms with Crippen LogP contribution in [0, 0.1) is 5.41 Å². The van der Waals surface area contributed by atoms with Gasteiger partial charge in [0.25, 0.3) is 0 Å². The fourth-order valence-electron chi connectivity index (χ4n) is 1.45. The molecule has 1 heterocycles. The smallest absolute Gasteiger partial charge is 0.328 e. The monoisotopic (exact) mass is 418 g/mol. The molecule has 0 aromatic carbocycles. The van der Waals surface area contributed by atoms with Gasteiger partial charge in [-0.05, 0) is 19.3 Å². The molecule has 0 amide bonds. The van der Waals surface area contributed by atoms with Crippen LogP contribution in [0.4, 0.5) is 5.13 Å². The molecular weight excluding hydrogens is 400 g/mol. The lowest BCUT2D eigenvalue weighted by Gasteiger charge is -1.98. The summed E-state index contributed by atoms with van der Waals surface area (Å²) in [5, 5.41) is 25.0. The van der Waals surface area contributed by atoms with Crippen molar-refractivity contribution in [1.82, 2.24) is 4.98 Å². The molecule has 1 aromatic rings. The molecule has 0 spiro atoms. The number of aliphatic carboxylic acids is 2. The summed E-state index contributed by atoms with van der Waals surface area (Å²) < 4.78 is 21.6. The van der Waals surface area contributed by atoms with E-state index in [9.17, 15) is 18.0 Å². The second-order valence-corrected chi connectivity index (χ2v) is 6.39. The topological polar surface area (TPSA) is 236 Å². The fourth-order valence-corrected chi connectivity index (χ4v) is 2.68. The molecule has 1 rings (SSSR count). The molecule has 9 N–H and O–H groups in total. The van der Waals surface area contributed by atoms with Gasteiger partial charge in [0.15, 0.2) is 5.96 Å². The zero-order valence-electron chi connectivity index (χ0n) is 13.8. The third-order valence-corrected chi connectivity index (χ3v) is 4.08. The number of carboxylic acids is 2. The predicted octanol–water partition coefficient (Wildman–Crippen LogP) is -0.930. The number of nitrogens with two attached hydrogens (primary N) is 3. The van der Waals surface area contributed by atoms with Crippen molar-refractivity contribution >= 4 is 55.4 Å². The van der Waals surface area contributed by atoms with Crippen LogP contribution < -0.4 is 17.2 Å². The van der Waals surface area contributed by atoms with Crippen LogP contribution in [0.5, 0.6) is 0 Å². The van der Waals surface area contributed by atoms with E-state index in [1.165, 1.54) is 11.3 Å². The highest BCUT2D eigenvalue weighted by atomic mass is 32.2. The Hall–Kier alpha value is -3.26. The van der Waals surface area contributed by atoms with Gasteiger partial charge in [-0.2, -0.15) is 13.4 Å². The second-order valence-electron chi connectivity index (χ2n) is 4.59. The Morgan fingerprint density at radius 1 is 1.22 bits per heavy atom. The number of amidine groups is 1. The number of hydrogen-bond acceptors (Lipinski definition) is 8. The predicted molar refractivity (Wildman–Crippen MR) is 101 cm³/mol. The number of aryl methyl sites for hydroxylation is 1. The summed E-state index contributed by atoms with van der Waals surface area (Å²) >= 11 is 1.30. The van der Waals surface area contributed by atoms with Crippen molar-refractivity contribution in [3.63, 3.8) is 0 Å². The summed E-state index contributed by atoms with van der Waals surface area (Å²) in [6.07, 6.45) is 2.41. The maximum Gasteiger partial charge on any atom is 0.328 e. The maximum absolute atomic E-state index is 10.8. The SMILES string of the molecule is N=C(N)C(CCCc1csc(N=C(N)N)n1)=S(=O)=O.O=C(O)/C=C\C(=O)O. The molecule has 0 aliphatic carbocycles. The molecule has 0 aliphatic rings. The van der Waals surface area contributed by atoms with E-state index in [2.05, 4.69) is 9.98 Å². The van der Waals surface area contributed by atoms with E-state index in [-0.39, 0.29) is 17.2 Å². The van der Waals surface area contributed by atoms with E-state index in [1.54, 1.807) is 5.38 Å². The summed E-state index contributed by atoms with van der Waals surface area (Å²) in [6.45, 7) is 0. The zero-order valence-corrected chi connectivity index (χ0v) is 15.5. The second kappa shape index (κ2) is 12.2. The molecule has 0 radical (unpaired) electrons. The average molecular weight is 418 g/mol. The lowest BCUT2D eigenvalue weighted by atomic mass is 10.1. The van der Waals surface area contributed by atoms with Crippen LogP contribution in [-0.2, 0) is 26.3 Å². The molecule has 0 atom stereocenters. The van der Waals surface area contributed by atoms with Gasteiger partial charge >= 0.3 is 11.9 Å². The standard InChI is InChI=1S/C9H14N6O2S2.C4H4O4/c10-7(11)6(19(16)17)3-1-2-5-4-18-9(14-5)15-8(12)13;5-3(6)1-2-4(7)8/h4H,1-3H2,(H3,10,11)(H4,12,13,14,15);1-2H,(H,5,6)(H,7,8)/b;2-1-. The lowest BCUT2D eigenvalue weighted by Crippen LogP contribution is -2.23. The first-order chi connectivity index (χ1) is 12.5. The van der Waals surface area contributed by atoms with Crippen molar-refractivity contribution in [2.24, 2.45) is 22.2 Å². The van der Waals surface area contributed by atoms with Crippen LogP contribution in [-0.4, -0.2) is 52.2 Å². The summed E-state index contributed by atoms with van der Waals surface area (Å²) in [5.74, 6) is -3.00. The molecular formula is C13H18N6O6S2. The van der Waals surface area contributed by atoms with Crippen LogP contribution in [0.15, 0.2) is 22.5 Å². The number of nitrogens with one attached hydrogen (secondary N) is 1. The normalized spacial score (nSPS) is 9.78. The van der Waals surface area contributed by atoms with Gasteiger partial charge in [0.1, 0.15) is 10.7 Å². The van der Waals surface area contributed by atoms with Crippen molar-refractivity contribution < 1.29 is 28.2 Å². The molecule has 0 aliphatic heterocycles. The third-order valence-electron chi connectivity index (χ3n) is 2.47. The molecule has 12 nitrogen and oxygen atoms in total. The number of aliphatic imine (C=N–C) groups is 1. The molecule has 0 bridgehead atoms. The Bertz CT molecular complexity index is 859. The Balaban J connectivity index is 0.000000713. The van der Waals surface area contributed by atoms with Crippen LogP contribution in [0.3, 0.4) is 0 Å². The Kier molecular flexibility index (Phi) is 10.7. The number of guanidine groups is 1. The quantitative estimate of drug-likeness (QED) is 0.131. The van der Waals surface area contributed by atoms with E-state index in [0.717, 1.165) is 5.69 Å². The largest absolute Gasteiger partial charge is 0.478 e. The number of rotatable bonds is 8. The van der Waals surface area contributed by atoms with Crippen molar-refractivity contribution in [3.05, 3.63) is 23.2 Å². The summed E-state index contributed by atoms with van der Waals surface area (Å²) in [7, 11) is -2.45. The lowest BCUT2D eigenvalue weighted by molar-refractivity contribution is -0.134. The van der Waals surface area contributed by atoms with Gasteiger partial charge in [0.05, 0.1) is 5.69 Å². The minimum Gasteiger partial charge on any atom is -0.478 e. The number of nitrogens with zero attached hydrogens (tertiary/aromatic N) is 2. The third kappa shape index (κ3) is 11.8. The van der Waals surface area contributed by atoms with Crippen molar-refractivity contribution in [2.75, 3.05) is 0 Å². The van der Waals surface area contributed by atoms with Crippen molar-refractivity contribution in [1.29, 1.82) is 5.41 Å². The Morgan fingerprint density at radius 2 is 1.78 bits per heavy atom. The minimum absolute atomic E-state index is 0.0603. The first-order valence-electron chi connectivity index (χ1n) is 7.00. The van der Waals surface area contributed by atoms with Gasteiger partial charge in [0.2, 0.25) is 15.4 Å². The van der Waals surface area contributed by atoms with E-state index >= 15 is 0 Å². The number of carboxylic acid groups (broad SMARTS) is 2. The molecule has 0 saturated carbocycles. The summed E-state index contributed by atoms with van der Waals surface area (Å²) in [4.78, 5) is 27.0. The van der Waals surface area contributed by atoms with E-state index in [0.29, 0.717) is 30.1 Å². The Morgan fingerprint density at radius 3 is 2.19 bits per heavy atom. The van der Waals surface area contributed by atoms with E-state index in [1.807, 2.05) is 0 Å². The highest BCUT2D eigenvalue weighted by Gasteiger charge is 2.07. The Labute approximate surface area is 159 Å². The number of thiazole rings is 1. The van der Waals surface area contributed by atoms with Gasteiger partial charge < -0.3 is 27.4 Å². The molecule has 1 aromatic heterocycles. The van der Waals surface area contributed by atoms with Gasteiger partial charge in [-0.25, -0.2) is 14.6 Å². The number of carbonyl (C=O) groups is 2. The average Bonchev–Trinajstić information content (AvgIpc) is 2.96. The van der Waals surface area contributed by atoms with Crippen LogP contribution in [0.2, 0.25) is 0 Å². The molecule has 27 heavy (non-hydrogen) atoms. The molecule has 148 valence electrons.